The molecule has 1 heterocycles. The summed E-state index contributed by atoms with van der Waals surface area (Å²) >= 11 is 6.23. The number of benzene rings is 3. The highest BCUT2D eigenvalue weighted by atomic mass is 35.5. The van der Waals surface area contributed by atoms with E-state index in [0.29, 0.717) is 18.5 Å². The Morgan fingerprint density at radius 1 is 0.941 bits per heavy atom. The van der Waals surface area contributed by atoms with Crippen molar-refractivity contribution in [2.45, 2.75) is 31.7 Å². The van der Waals surface area contributed by atoms with Crippen molar-refractivity contribution in [1.29, 1.82) is 0 Å². The van der Waals surface area contributed by atoms with Crippen molar-refractivity contribution >= 4 is 33.4 Å². The van der Waals surface area contributed by atoms with Crippen molar-refractivity contribution in [2.24, 2.45) is 0 Å². The Hall–Kier alpha value is -3.00. The predicted molar refractivity (Wildman–Crippen MR) is 130 cm³/mol. The third-order valence-corrected chi connectivity index (χ3v) is 8.37. The molecule has 0 spiro atoms. The van der Waals surface area contributed by atoms with Gasteiger partial charge in [-0.05, 0) is 66.8 Å². The SMILES string of the molecule is Cc1ccc(C(=O)COC(=O)c2ccc(Cl)c(S(=O)(=O)N3CCc4ccccc4C3)c2)cc1C. The molecule has 0 aliphatic carbocycles. The fourth-order valence-corrected chi connectivity index (χ4v) is 5.77. The second kappa shape index (κ2) is 9.70. The van der Waals surface area contributed by atoms with Crippen LogP contribution in [0.4, 0.5) is 0 Å². The van der Waals surface area contributed by atoms with Crippen LogP contribution in [-0.2, 0) is 27.7 Å². The molecule has 0 amide bonds. The van der Waals surface area contributed by atoms with Crippen molar-refractivity contribution in [1.82, 2.24) is 4.31 Å². The summed E-state index contributed by atoms with van der Waals surface area (Å²) in [6.07, 6.45) is 0.593. The maximum absolute atomic E-state index is 13.3. The van der Waals surface area contributed by atoms with Crippen LogP contribution < -0.4 is 0 Å². The van der Waals surface area contributed by atoms with Gasteiger partial charge in [0.2, 0.25) is 10.0 Å². The number of hydrogen-bond donors (Lipinski definition) is 0. The summed E-state index contributed by atoms with van der Waals surface area (Å²) in [6.45, 7) is 3.94. The molecule has 6 nitrogen and oxygen atoms in total. The lowest BCUT2D eigenvalue weighted by Gasteiger charge is -2.28. The van der Waals surface area contributed by atoms with Crippen LogP contribution in [0.25, 0.3) is 0 Å². The van der Waals surface area contributed by atoms with Gasteiger partial charge >= 0.3 is 5.97 Å². The van der Waals surface area contributed by atoms with Gasteiger partial charge in [0.1, 0.15) is 4.90 Å². The number of nitrogens with zero attached hydrogens (tertiary/aromatic N) is 1. The van der Waals surface area contributed by atoms with Crippen LogP contribution in [0.2, 0.25) is 5.02 Å². The number of carbonyl (C=O) groups is 2. The molecule has 3 aromatic carbocycles. The molecule has 0 saturated carbocycles. The minimum atomic E-state index is -3.95. The van der Waals surface area contributed by atoms with Gasteiger partial charge in [-0.25, -0.2) is 13.2 Å². The number of ketones is 1. The third kappa shape index (κ3) is 4.92. The van der Waals surface area contributed by atoms with Crippen molar-refractivity contribution in [3.63, 3.8) is 0 Å². The molecule has 0 saturated heterocycles. The molecule has 0 bridgehead atoms. The van der Waals surface area contributed by atoms with E-state index < -0.39 is 22.6 Å². The lowest BCUT2D eigenvalue weighted by molar-refractivity contribution is 0.0474. The molecule has 176 valence electrons. The Labute approximate surface area is 204 Å². The summed E-state index contributed by atoms with van der Waals surface area (Å²) in [5, 5.41) is 0.0154. The number of carbonyl (C=O) groups excluding carboxylic acids is 2. The van der Waals surface area contributed by atoms with Crippen LogP contribution >= 0.6 is 11.6 Å². The smallest absolute Gasteiger partial charge is 0.338 e. The fraction of sp³-hybridized carbons (Fsp3) is 0.231. The van der Waals surface area contributed by atoms with Gasteiger partial charge in [-0.2, -0.15) is 4.31 Å². The standard InChI is InChI=1S/C26H24ClNO5S/c1-17-7-8-20(13-18(17)2)24(29)16-33-26(30)21-9-10-23(27)25(14-21)34(31,32)28-12-11-19-5-3-4-6-22(19)15-28/h3-10,13-14H,11-12,15-16H2,1-2H3. The number of fused-ring (bicyclic) bond motifs is 1. The maximum atomic E-state index is 13.3. The quantitative estimate of drug-likeness (QED) is 0.363. The number of Topliss-reactive ketones (excluding diaryl/α,β-unsaturated/α-hetero) is 1. The van der Waals surface area contributed by atoms with Crippen LogP contribution in [0, 0.1) is 13.8 Å². The highest BCUT2D eigenvalue weighted by Gasteiger charge is 2.30. The molecule has 0 fully saturated rings. The number of sulfonamides is 1. The zero-order valence-electron chi connectivity index (χ0n) is 18.9. The average molecular weight is 498 g/mol. The van der Waals surface area contributed by atoms with Crippen LogP contribution in [0.3, 0.4) is 0 Å². The predicted octanol–water partition coefficient (Wildman–Crippen LogP) is 4.74. The number of halogens is 1. The Balaban J connectivity index is 1.50. The molecule has 3 aromatic rings. The first-order valence-corrected chi connectivity index (χ1v) is 12.6. The van der Waals surface area contributed by atoms with Gasteiger partial charge in [0.15, 0.2) is 12.4 Å². The topological polar surface area (TPSA) is 80.8 Å². The molecule has 1 aliphatic heterocycles. The van der Waals surface area contributed by atoms with E-state index in [1.807, 2.05) is 44.2 Å². The largest absolute Gasteiger partial charge is 0.454 e. The summed E-state index contributed by atoms with van der Waals surface area (Å²) in [7, 11) is -3.95. The van der Waals surface area contributed by atoms with Crippen LogP contribution in [0.5, 0.6) is 0 Å². The van der Waals surface area contributed by atoms with Gasteiger partial charge in [-0.1, -0.05) is 48.0 Å². The molecule has 0 atom stereocenters. The first-order valence-electron chi connectivity index (χ1n) is 10.8. The molecular weight excluding hydrogens is 474 g/mol. The van der Waals surface area contributed by atoms with E-state index in [0.717, 1.165) is 22.3 Å². The monoisotopic (exact) mass is 497 g/mol. The van der Waals surface area contributed by atoms with E-state index in [9.17, 15) is 18.0 Å². The molecule has 0 N–H and O–H groups in total. The van der Waals surface area contributed by atoms with Crippen molar-refractivity contribution in [3.05, 3.63) is 99.1 Å². The van der Waals surface area contributed by atoms with Crippen LogP contribution in [-0.4, -0.2) is 37.6 Å². The summed E-state index contributed by atoms with van der Waals surface area (Å²) in [6, 6.07) is 16.9. The summed E-state index contributed by atoms with van der Waals surface area (Å²) < 4.78 is 33.2. The Morgan fingerprint density at radius 2 is 1.65 bits per heavy atom. The minimum Gasteiger partial charge on any atom is -0.454 e. The number of ether oxygens (including phenoxy) is 1. The molecule has 0 aromatic heterocycles. The van der Waals surface area contributed by atoms with E-state index in [4.69, 9.17) is 16.3 Å². The number of aryl methyl sites for hydroxylation is 2. The first-order chi connectivity index (χ1) is 16.2. The average Bonchev–Trinajstić information content (AvgIpc) is 2.83. The second-order valence-electron chi connectivity index (χ2n) is 8.30. The Morgan fingerprint density at radius 3 is 2.38 bits per heavy atom. The first kappa shape index (κ1) is 24.1. The normalized spacial score (nSPS) is 13.9. The van der Waals surface area contributed by atoms with Crippen molar-refractivity contribution in [3.8, 4) is 0 Å². The lowest BCUT2D eigenvalue weighted by atomic mass is 10.0. The maximum Gasteiger partial charge on any atom is 0.338 e. The summed E-state index contributed by atoms with van der Waals surface area (Å²) in [5.74, 6) is -1.14. The molecule has 1 aliphatic rings. The van der Waals surface area contributed by atoms with Crippen LogP contribution in [0.15, 0.2) is 65.6 Å². The van der Waals surface area contributed by atoms with Gasteiger partial charge in [0.05, 0.1) is 10.6 Å². The molecule has 34 heavy (non-hydrogen) atoms. The molecular formula is C26H24ClNO5S. The highest BCUT2D eigenvalue weighted by Crippen LogP contribution is 2.30. The number of hydrogen-bond acceptors (Lipinski definition) is 5. The second-order valence-corrected chi connectivity index (χ2v) is 10.6. The summed E-state index contributed by atoms with van der Waals surface area (Å²) in [4.78, 5) is 24.9. The zero-order valence-corrected chi connectivity index (χ0v) is 20.4. The molecule has 0 unspecified atom stereocenters. The summed E-state index contributed by atoms with van der Waals surface area (Å²) in [5.41, 5.74) is 4.53. The van der Waals surface area contributed by atoms with Gasteiger partial charge < -0.3 is 4.74 Å². The highest BCUT2D eigenvalue weighted by molar-refractivity contribution is 7.89. The van der Waals surface area contributed by atoms with E-state index in [1.165, 1.54) is 22.5 Å². The number of rotatable bonds is 6. The van der Waals surface area contributed by atoms with Crippen molar-refractivity contribution in [2.75, 3.05) is 13.2 Å². The minimum absolute atomic E-state index is 0.00766. The molecule has 0 radical (unpaired) electrons. The Bertz CT molecular complexity index is 1380. The third-order valence-electron chi connectivity index (χ3n) is 6.04. The van der Waals surface area contributed by atoms with Crippen LogP contribution in [0.1, 0.15) is 43.0 Å². The molecule has 4 rings (SSSR count). The van der Waals surface area contributed by atoms with Crippen molar-refractivity contribution < 1.29 is 22.7 Å². The zero-order chi connectivity index (χ0) is 24.5. The van der Waals surface area contributed by atoms with E-state index in [1.54, 1.807) is 12.1 Å². The van der Waals surface area contributed by atoms with Gasteiger partial charge in [-0.15, -0.1) is 0 Å². The number of esters is 1. The van der Waals surface area contributed by atoms with Gasteiger partial charge in [-0.3, -0.25) is 4.79 Å². The fourth-order valence-electron chi connectivity index (χ4n) is 3.85. The van der Waals surface area contributed by atoms with E-state index in [2.05, 4.69) is 0 Å². The lowest BCUT2D eigenvalue weighted by Crippen LogP contribution is -2.36. The van der Waals surface area contributed by atoms with E-state index in [-0.39, 0.29) is 27.8 Å². The Kier molecular flexibility index (Phi) is 6.89. The molecule has 8 heteroatoms. The van der Waals surface area contributed by atoms with Gasteiger partial charge in [0.25, 0.3) is 0 Å². The van der Waals surface area contributed by atoms with E-state index >= 15 is 0 Å². The van der Waals surface area contributed by atoms with Gasteiger partial charge in [0, 0.05) is 18.7 Å².